The van der Waals surface area contributed by atoms with E-state index in [0.717, 1.165) is 12.1 Å². The Morgan fingerprint density at radius 1 is 1.24 bits per heavy atom. The number of nitro groups is 1. The van der Waals surface area contributed by atoms with Gasteiger partial charge in [0.1, 0.15) is 17.1 Å². The molecule has 0 aliphatic heterocycles. The number of nitro benzene ring substituents is 1. The minimum atomic E-state index is -0.997. The van der Waals surface area contributed by atoms with Crippen LogP contribution in [0.3, 0.4) is 0 Å². The number of nitrogens with zero attached hydrogens (tertiary/aromatic N) is 1. The fourth-order valence-electron chi connectivity index (χ4n) is 1.69. The summed E-state index contributed by atoms with van der Waals surface area (Å²) in [6, 6.07) is 7.26. The highest BCUT2D eigenvalue weighted by molar-refractivity contribution is 5.96. The topological polar surface area (TPSA) is 121 Å². The number of nitrogens with two attached hydrogens (primary N) is 2. The van der Waals surface area contributed by atoms with Crippen LogP contribution in [0, 0.1) is 15.9 Å². The Labute approximate surface area is 118 Å². The second-order valence-electron chi connectivity index (χ2n) is 4.06. The first kappa shape index (κ1) is 14.3. The Hall–Kier alpha value is -3.16. The highest BCUT2D eigenvalue weighted by atomic mass is 19.1. The van der Waals surface area contributed by atoms with Crippen molar-refractivity contribution in [3.05, 3.63) is 57.9 Å². The third kappa shape index (κ3) is 2.89. The molecule has 0 bridgehead atoms. The van der Waals surface area contributed by atoms with Crippen molar-refractivity contribution in [2.24, 2.45) is 5.73 Å². The number of rotatable bonds is 4. The average Bonchev–Trinajstić information content (AvgIpc) is 2.40. The molecule has 7 nitrogen and oxygen atoms in total. The first-order valence-electron chi connectivity index (χ1n) is 5.70. The van der Waals surface area contributed by atoms with Gasteiger partial charge in [0.05, 0.1) is 10.6 Å². The number of hydrogen-bond donors (Lipinski definition) is 2. The predicted octanol–water partition coefficient (Wildman–Crippen LogP) is 2.21. The van der Waals surface area contributed by atoms with Crippen molar-refractivity contribution in [1.82, 2.24) is 0 Å². The molecule has 0 aliphatic carbocycles. The number of primary amides is 1. The van der Waals surface area contributed by atoms with E-state index >= 15 is 0 Å². The summed E-state index contributed by atoms with van der Waals surface area (Å²) in [5, 5.41) is 10.6. The van der Waals surface area contributed by atoms with Crippen LogP contribution in [0.15, 0.2) is 36.4 Å². The minimum Gasteiger partial charge on any atom is -0.454 e. The normalized spacial score (nSPS) is 10.1. The summed E-state index contributed by atoms with van der Waals surface area (Å²) in [5.41, 5.74) is 10.1. The Morgan fingerprint density at radius 2 is 1.95 bits per heavy atom. The van der Waals surface area contributed by atoms with Gasteiger partial charge in [-0.15, -0.1) is 0 Å². The molecule has 0 saturated heterocycles. The Bertz CT molecular complexity index is 733. The van der Waals surface area contributed by atoms with E-state index in [2.05, 4.69) is 0 Å². The average molecular weight is 291 g/mol. The number of carbonyl (C=O) groups excluding carboxylic acids is 1. The van der Waals surface area contributed by atoms with Crippen LogP contribution in [-0.4, -0.2) is 10.8 Å². The van der Waals surface area contributed by atoms with E-state index in [1.807, 2.05) is 0 Å². The lowest BCUT2D eigenvalue weighted by Crippen LogP contribution is -2.14. The summed E-state index contributed by atoms with van der Waals surface area (Å²) in [5.74, 6) is -1.90. The second kappa shape index (κ2) is 5.45. The molecule has 21 heavy (non-hydrogen) atoms. The van der Waals surface area contributed by atoms with E-state index in [1.165, 1.54) is 24.3 Å². The highest BCUT2D eigenvalue weighted by Crippen LogP contribution is 2.32. The van der Waals surface area contributed by atoms with Crippen LogP contribution in [0.25, 0.3) is 0 Å². The van der Waals surface area contributed by atoms with Crippen LogP contribution in [0.4, 0.5) is 15.8 Å². The number of hydrogen-bond acceptors (Lipinski definition) is 5. The number of amides is 1. The molecule has 0 aliphatic rings. The molecule has 0 aromatic heterocycles. The third-order valence-corrected chi connectivity index (χ3v) is 2.65. The lowest BCUT2D eigenvalue weighted by molar-refractivity contribution is -0.384. The van der Waals surface area contributed by atoms with E-state index < -0.39 is 22.2 Å². The molecule has 0 fully saturated rings. The summed E-state index contributed by atoms with van der Waals surface area (Å²) in [7, 11) is 0. The maximum absolute atomic E-state index is 13.6. The maximum Gasteiger partial charge on any atom is 0.271 e. The standard InChI is InChI=1S/C13H10FN3O4/c14-8-2-1-3-11(12(8)13(16)18)21-10-5-4-7(17(19)20)6-9(10)15/h1-6H,15H2,(H2,16,18). The van der Waals surface area contributed by atoms with Crippen LogP contribution >= 0.6 is 0 Å². The van der Waals surface area contributed by atoms with Gasteiger partial charge in [0, 0.05) is 12.1 Å². The van der Waals surface area contributed by atoms with Gasteiger partial charge in [-0.2, -0.15) is 0 Å². The summed E-state index contributed by atoms with van der Waals surface area (Å²) < 4.78 is 18.9. The number of halogens is 1. The Morgan fingerprint density at radius 3 is 2.52 bits per heavy atom. The molecule has 0 saturated carbocycles. The van der Waals surface area contributed by atoms with Gasteiger partial charge in [0.15, 0.2) is 5.75 Å². The zero-order chi connectivity index (χ0) is 15.6. The van der Waals surface area contributed by atoms with Crippen molar-refractivity contribution in [2.45, 2.75) is 0 Å². The van der Waals surface area contributed by atoms with Gasteiger partial charge in [-0.05, 0) is 18.2 Å². The Kier molecular flexibility index (Phi) is 3.70. The largest absolute Gasteiger partial charge is 0.454 e. The molecule has 1 amide bonds. The van der Waals surface area contributed by atoms with Crippen LogP contribution in [-0.2, 0) is 0 Å². The van der Waals surface area contributed by atoms with Crippen molar-refractivity contribution in [3.63, 3.8) is 0 Å². The summed E-state index contributed by atoms with van der Waals surface area (Å²) in [6.45, 7) is 0. The lowest BCUT2D eigenvalue weighted by Gasteiger charge is -2.11. The van der Waals surface area contributed by atoms with Gasteiger partial charge >= 0.3 is 0 Å². The molecular formula is C13H10FN3O4. The number of anilines is 1. The maximum atomic E-state index is 13.6. The van der Waals surface area contributed by atoms with E-state index in [9.17, 15) is 19.3 Å². The van der Waals surface area contributed by atoms with E-state index in [0.29, 0.717) is 0 Å². The van der Waals surface area contributed by atoms with Crippen molar-refractivity contribution in [2.75, 3.05) is 5.73 Å². The fourth-order valence-corrected chi connectivity index (χ4v) is 1.69. The molecule has 108 valence electrons. The molecule has 2 aromatic rings. The second-order valence-corrected chi connectivity index (χ2v) is 4.06. The molecule has 0 atom stereocenters. The van der Waals surface area contributed by atoms with Crippen molar-refractivity contribution in [1.29, 1.82) is 0 Å². The highest BCUT2D eigenvalue weighted by Gasteiger charge is 2.17. The van der Waals surface area contributed by atoms with Gasteiger partial charge < -0.3 is 16.2 Å². The first-order chi connectivity index (χ1) is 9.90. The summed E-state index contributed by atoms with van der Waals surface area (Å²) in [4.78, 5) is 21.2. The van der Waals surface area contributed by atoms with Crippen LogP contribution in [0.5, 0.6) is 11.5 Å². The lowest BCUT2D eigenvalue weighted by atomic mass is 10.1. The molecule has 0 unspecified atom stereocenters. The van der Waals surface area contributed by atoms with Crippen molar-refractivity contribution in [3.8, 4) is 11.5 Å². The zero-order valence-electron chi connectivity index (χ0n) is 10.6. The smallest absolute Gasteiger partial charge is 0.271 e. The quantitative estimate of drug-likeness (QED) is 0.508. The van der Waals surface area contributed by atoms with Gasteiger partial charge in [-0.25, -0.2) is 4.39 Å². The van der Waals surface area contributed by atoms with E-state index in [-0.39, 0.29) is 22.9 Å². The van der Waals surface area contributed by atoms with Crippen LogP contribution < -0.4 is 16.2 Å². The fraction of sp³-hybridized carbons (Fsp3) is 0. The molecule has 4 N–H and O–H groups in total. The number of non-ortho nitro benzene ring substituents is 1. The first-order valence-corrected chi connectivity index (χ1v) is 5.70. The van der Waals surface area contributed by atoms with Crippen molar-refractivity contribution >= 4 is 17.3 Å². The number of nitrogen functional groups attached to an aromatic ring is 1. The van der Waals surface area contributed by atoms with Gasteiger partial charge in [0.2, 0.25) is 0 Å². The van der Waals surface area contributed by atoms with Gasteiger partial charge in [0.25, 0.3) is 11.6 Å². The molecule has 8 heteroatoms. The molecule has 0 spiro atoms. The van der Waals surface area contributed by atoms with Crippen molar-refractivity contribution < 1.29 is 18.8 Å². The van der Waals surface area contributed by atoms with Crippen LogP contribution in [0.2, 0.25) is 0 Å². The third-order valence-electron chi connectivity index (χ3n) is 2.65. The van der Waals surface area contributed by atoms with E-state index in [4.69, 9.17) is 16.2 Å². The predicted molar refractivity (Wildman–Crippen MR) is 72.5 cm³/mol. The van der Waals surface area contributed by atoms with Gasteiger partial charge in [-0.1, -0.05) is 6.07 Å². The number of carbonyl (C=O) groups is 1. The number of benzene rings is 2. The SMILES string of the molecule is NC(=O)c1c(F)cccc1Oc1ccc([N+](=O)[O-])cc1N. The Balaban J connectivity index is 2.42. The zero-order valence-corrected chi connectivity index (χ0v) is 10.6. The van der Waals surface area contributed by atoms with Crippen LogP contribution in [0.1, 0.15) is 10.4 Å². The number of ether oxygens (including phenoxy) is 1. The molecule has 2 aromatic carbocycles. The van der Waals surface area contributed by atoms with E-state index in [1.54, 1.807) is 0 Å². The summed E-state index contributed by atoms with van der Waals surface area (Å²) >= 11 is 0. The summed E-state index contributed by atoms with van der Waals surface area (Å²) in [6.07, 6.45) is 0. The monoisotopic (exact) mass is 291 g/mol. The molecule has 0 heterocycles. The minimum absolute atomic E-state index is 0.0242. The van der Waals surface area contributed by atoms with Gasteiger partial charge in [-0.3, -0.25) is 14.9 Å². The molecule has 0 radical (unpaired) electrons. The molecular weight excluding hydrogens is 281 g/mol. The molecule has 2 rings (SSSR count).